The normalized spacial score (nSPS) is 17.1. The van der Waals surface area contributed by atoms with E-state index in [1.54, 1.807) is 0 Å². The summed E-state index contributed by atoms with van der Waals surface area (Å²) < 4.78 is 0.757. The summed E-state index contributed by atoms with van der Waals surface area (Å²) in [4.78, 5) is 22.7. The van der Waals surface area contributed by atoms with Crippen LogP contribution >= 0.6 is 15.9 Å². The van der Waals surface area contributed by atoms with Crippen LogP contribution in [0.3, 0.4) is 0 Å². The fourth-order valence-electron chi connectivity index (χ4n) is 1.90. The number of nitrogens with zero attached hydrogens (tertiary/aromatic N) is 3. The molecule has 0 unspecified atom stereocenters. The lowest BCUT2D eigenvalue weighted by Crippen LogP contribution is -2.34. The van der Waals surface area contributed by atoms with E-state index in [1.807, 2.05) is 11.0 Å². The van der Waals surface area contributed by atoms with Crippen LogP contribution in [0.1, 0.15) is 33.0 Å². The van der Waals surface area contributed by atoms with Crippen LogP contribution in [0.15, 0.2) is 10.7 Å². The zero-order valence-electron chi connectivity index (χ0n) is 11.5. The summed E-state index contributed by atoms with van der Waals surface area (Å²) >= 11 is 3.43. The molecule has 1 aliphatic heterocycles. The molecule has 0 aliphatic carbocycles. The third-order valence-corrected chi connectivity index (χ3v) is 3.34. The van der Waals surface area contributed by atoms with Gasteiger partial charge in [-0.05, 0) is 22.4 Å². The first-order chi connectivity index (χ1) is 8.86. The molecular formula is C13H19BrN4O. The summed E-state index contributed by atoms with van der Waals surface area (Å²) in [6.07, 6.45) is 0.929. The number of halogens is 1. The van der Waals surface area contributed by atoms with Crippen molar-refractivity contribution in [2.24, 2.45) is 0 Å². The first kappa shape index (κ1) is 14.2. The third kappa shape index (κ3) is 3.65. The Kier molecular flexibility index (Phi) is 4.08. The molecule has 5 nitrogen and oxygen atoms in total. The number of hydrogen-bond acceptors (Lipinski definition) is 4. The Balaban J connectivity index is 2.33. The van der Waals surface area contributed by atoms with Crippen molar-refractivity contribution < 1.29 is 4.79 Å². The van der Waals surface area contributed by atoms with Gasteiger partial charge in [0.2, 0.25) is 5.91 Å². The summed E-state index contributed by atoms with van der Waals surface area (Å²) in [7, 11) is 0. The molecule has 1 aromatic heterocycles. The molecule has 2 heterocycles. The molecule has 6 heteroatoms. The Morgan fingerprint density at radius 3 is 2.79 bits per heavy atom. The molecule has 0 bridgehead atoms. The van der Waals surface area contributed by atoms with Crippen LogP contribution in [0.2, 0.25) is 0 Å². The molecule has 0 saturated carbocycles. The fourth-order valence-corrected chi connectivity index (χ4v) is 2.28. The highest BCUT2D eigenvalue weighted by molar-refractivity contribution is 9.10. The monoisotopic (exact) mass is 326 g/mol. The van der Waals surface area contributed by atoms with Gasteiger partial charge in [-0.1, -0.05) is 20.8 Å². The van der Waals surface area contributed by atoms with Crippen molar-refractivity contribution in [3.63, 3.8) is 0 Å². The number of amides is 1. The number of nitrogens with one attached hydrogen (secondary N) is 1. The standard InChI is InChI=1S/C13H19BrN4O/c1-13(2,3)12-16-9(14)7-10(17-12)18-6-4-5-15-11(19)8-18/h7H,4-6,8H2,1-3H3,(H,15,19). The van der Waals surface area contributed by atoms with Crippen molar-refractivity contribution in [1.82, 2.24) is 15.3 Å². The summed E-state index contributed by atoms with van der Waals surface area (Å²) in [6, 6.07) is 1.87. The van der Waals surface area contributed by atoms with Gasteiger partial charge in [-0.25, -0.2) is 9.97 Å². The second-order valence-corrected chi connectivity index (χ2v) is 6.56. The Morgan fingerprint density at radius 2 is 2.11 bits per heavy atom. The van der Waals surface area contributed by atoms with E-state index < -0.39 is 0 Å². The highest BCUT2D eigenvalue weighted by atomic mass is 79.9. The Hall–Kier alpha value is -1.17. The van der Waals surface area contributed by atoms with E-state index in [1.165, 1.54) is 0 Å². The van der Waals surface area contributed by atoms with Crippen molar-refractivity contribution in [2.75, 3.05) is 24.5 Å². The van der Waals surface area contributed by atoms with Gasteiger partial charge in [0.1, 0.15) is 16.2 Å². The van der Waals surface area contributed by atoms with E-state index in [2.05, 4.69) is 52.0 Å². The number of carbonyl (C=O) groups excluding carboxylic acids is 1. The van der Waals surface area contributed by atoms with E-state index >= 15 is 0 Å². The lowest BCUT2D eigenvalue weighted by atomic mass is 9.96. The molecule has 0 radical (unpaired) electrons. The SMILES string of the molecule is CC(C)(C)c1nc(Br)cc(N2CCCNC(=O)C2)n1. The zero-order chi connectivity index (χ0) is 14.0. The first-order valence-electron chi connectivity index (χ1n) is 6.43. The van der Waals surface area contributed by atoms with Crippen LogP contribution in [-0.2, 0) is 10.2 Å². The van der Waals surface area contributed by atoms with E-state index in [9.17, 15) is 4.79 Å². The minimum absolute atomic E-state index is 0.0459. The summed E-state index contributed by atoms with van der Waals surface area (Å²) in [5, 5.41) is 2.87. The van der Waals surface area contributed by atoms with E-state index in [-0.39, 0.29) is 11.3 Å². The van der Waals surface area contributed by atoms with Crippen LogP contribution in [0.4, 0.5) is 5.82 Å². The minimum Gasteiger partial charge on any atom is -0.354 e. The molecule has 1 aromatic rings. The van der Waals surface area contributed by atoms with Gasteiger partial charge in [0.05, 0.1) is 6.54 Å². The van der Waals surface area contributed by atoms with E-state index in [0.717, 1.165) is 35.8 Å². The summed E-state index contributed by atoms with van der Waals surface area (Å²) in [5.74, 6) is 1.63. The van der Waals surface area contributed by atoms with E-state index in [0.29, 0.717) is 6.54 Å². The minimum atomic E-state index is -0.118. The smallest absolute Gasteiger partial charge is 0.239 e. The highest BCUT2D eigenvalue weighted by Crippen LogP contribution is 2.24. The highest BCUT2D eigenvalue weighted by Gasteiger charge is 2.22. The molecule has 2 rings (SSSR count). The summed E-state index contributed by atoms with van der Waals surface area (Å²) in [5.41, 5.74) is -0.118. The molecule has 0 aromatic carbocycles. The maximum atomic E-state index is 11.6. The summed E-state index contributed by atoms with van der Waals surface area (Å²) in [6.45, 7) is 8.14. The van der Waals surface area contributed by atoms with Crippen molar-refractivity contribution in [3.8, 4) is 0 Å². The quantitative estimate of drug-likeness (QED) is 0.800. The molecule has 1 fully saturated rings. The molecule has 1 aliphatic rings. The Bertz CT molecular complexity index is 484. The average Bonchev–Trinajstić information content (AvgIpc) is 2.52. The predicted octanol–water partition coefficient (Wildman–Crippen LogP) is 1.86. The Labute approximate surface area is 121 Å². The van der Waals surface area contributed by atoms with Crippen LogP contribution in [-0.4, -0.2) is 35.5 Å². The Morgan fingerprint density at radius 1 is 1.37 bits per heavy atom. The zero-order valence-corrected chi connectivity index (χ0v) is 13.1. The van der Waals surface area contributed by atoms with Crippen molar-refractivity contribution >= 4 is 27.7 Å². The van der Waals surface area contributed by atoms with E-state index in [4.69, 9.17) is 0 Å². The van der Waals surface area contributed by atoms with Gasteiger partial charge in [-0.15, -0.1) is 0 Å². The molecule has 1 N–H and O–H groups in total. The molecular weight excluding hydrogens is 308 g/mol. The third-order valence-electron chi connectivity index (χ3n) is 2.94. The number of hydrogen-bond donors (Lipinski definition) is 1. The predicted molar refractivity (Wildman–Crippen MR) is 78.3 cm³/mol. The van der Waals surface area contributed by atoms with Crippen molar-refractivity contribution in [2.45, 2.75) is 32.6 Å². The van der Waals surface area contributed by atoms with Crippen molar-refractivity contribution in [1.29, 1.82) is 0 Å². The number of anilines is 1. The van der Waals surface area contributed by atoms with Gasteiger partial charge in [-0.3, -0.25) is 4.79 Å². The topological polar surface area (TPSA) is 58.1 Å². The first-order valence-corrected chi connectivity index (χ1v) is 7.22. The average molecular weight is 327 g/mol. The number of aromatic nitrogens is 2. The van der Waals surface area contributed by atoms with Gasteiger partial charge in [0.15, 0.2) is 0 Å². The second kappa shape index (κ2) is 5.45. The lowest BCUT2D eigenvalue weighted by Gasteiger charge is -2.23. The lowest BCUT2D eigenvalue weighted by molar-refractivity contribution is -0.119. The van der Waals surface area contributed by atoms with Gasteiger partial charge < -0.3 is 10.2 Å². The maximum Gasteiger partial charge on any atom is 0.239 e. The van der Waals surface area contributed by atoms with Gasteiger partial charge in [-0.2, -0.15) is 0 Å². The van der Waals surface area contributed by atoms with Crippen molar-refractivity contribution in [3.05, 3.63) is 16.5 Å². The van der Waals surface area contributed by atoms with Gasteiger partial charge >= 0.3 is 0 Å². The molecule has 0 atom stereocenters. The largest absolute Gasteiger partial charge is 0.354 e. The number of rotatable bonds is 1. The van der Waals surface area contributed by atoms with Crippen LogP contribution in [0.25, 0.3) is 0 Å². The van der Waals surface area contributed by atoms with Crippen LogP contribution in [0, 0.1) is 0 Å². The van der Waals surface area contributed by atoms with Gasteiger partial charge in [0.25, 0.3) is 0 Å². The van der Waals surface area contributed by atoms with Gasteiger partial charge in [0, 0.05) is 24.6 Å². The molecule has 1 amide bonds. The molecule has 0 spiro atoms. The maximum absolute atomic E-state index is 11.6. The molecule has 1 saturated heterocycles. The molecule has 19 heavy (non-hydrogen) atoms. The fraction of sp³-hybridized carbons (Fsp3) is 0.615. The number of carbonyl (C=O) groups is 1. The van der Waals surface area contributed by atoms with Crippen LogP contribution < -0.4 is 10.2 Å². The molecule has 104 valence electrons. The van der Waals surface area contributed by atoms with Crippen LogP contribution in [0.5, 0.6) is 0 Å². The second-order valence-electron chi connectivity index (χ2n) is 5.75.